The molecule has 0 radical (unpaired) electrons. The third-order valence-electron chi connectivity index (χ3n) is 2.25. The fourth-order valence-electron chi connectivity index (χ4n) is 0.292. The van der Waals surface area contributed by atoms with Crippen LogP contribution in [0, 0.1) is 0 Å². The molecule has 0 fully saturated rings. The highest BCUT2D eigenvalue weighted by Gasteiger charge is 2.62. The second kappa shape index (κ2) is 9.59. The van der Waals surface area contributed by atoms with Crippen molar-refractivity contribution in [2.24, 2.45) is 0 Å². The van der Waals surface area contributed by atoms with E-state index in [1.54, 1.807) is 0 Å². The van der Waals surface area contributed by atoms with E-state index >= 15 is 0 Å². The lowest BCUT2D eigenvalue weighted by Crippen LogP contribution is -2.44. The minimum atomic E-state index is -5.75. The molecule has 0 aromatic heterocycles. The third kappa shape index (κ3) is 9.79. The Morgan fingerprint density at radius 1 is 0.741 bits per heavy atom. The minimum Gasteiger partial charge on any atom is -0.394 e. The van der Waals surface area contributed by atoms with E-state index in [9.17, 15) is 52.0 Å². The molecule has 27 heavy (non-hydrogen) atoms. The quantitative estimate of drug-likeness (QED) is 0.361. The standard InChI is InChI=1S/2C3H4F4O3S.C3H8O2/c2*1-2(4,3(5,6)7)11(8,9)10;1-3(5)2-4/h2*1H3,(H,8,9,10);3-5H,2H2,1H3. The van der Waals surface area contributed by atoms with Gasteiger partial charge in [-0.05, 0) is 20.8 Å². The maximum absolute atomic E-state index is 12.1. The van der Waals surface area contributed by atoms with Crippen LogP contribution in [0.25, 0.3) is 0 Å². The molecule has 0 aliphatic heterocycles. The van der Waals surface area contributed by atoms with Gasteiger partial charge in [-0.3, -0.25) is 9.11 Å². The first-order valence-electron chi connectivity index (χ1n) is 6.01. The van der Waals surface area contributed by atoms with Gasteiger partial charge in [0.1, 0.15) is 0 Å². The number of alkyl halides is 8. The Bertz CT molecular complexity index is 594. The number of aliphatic hydroxyl groups excluding tert-OH is 2. The molecule has 168 valence electrons. The van der Waals surface area contributed by atoms with Gasteiger partial charge in [0.25, 0.3) is 0 Å². The summed E-state index contributed by atoms with van der Waals surface area (Å²) in [6, 6.07) is 0. The molecule has 18 heteroatoms. The Hall–Kier alpha value is -0.820. The van der Waals surface area contributed by atoms with Gasteiger partial charge in [-0.25, -0.2) is 8.78 Å². The van der Waals surface area contributed by atoms with Crippen molar-refractivity contribution >= 4 is 20.2 Å². The lowest BCUT2D eigenvalue weighted by atomic mass is 10.4. The molecule has 0 aliphatic carbocycles. The van der Waals surface area contributed by atoms with Gasteiger partial charge in [-0.15, -0.1) is 0 Å². The monoisotopic (exact) mass is 468 g/mol. The SMILES string of the molecule is CC(F)(C(F)(F)F)S(=O)(=O)O.CC(F)(C(F)(F)F)S(=O)(=O)O.CC(O)CO. The van der Waals surface area contributed by atoms with E-state index in [1.807, 2.05) is 0 Å². The minimum absolute atomic E-state index is 0.139. The summed E-state index contributed by atoms with van der Waals surface area (Å²) in [6.45, 7) is 0.838. The van der Waals surface area contributed by atoms with E-state index in [-0.39, 0.29) is 20.5 Å². The number of hydrogen-bond acceptors (Lipinski definition) is 6. The molecule has 0 amide bonds. The van der Waals surface area contributed by atoms with Gasteiger partial charge < -0.3 is 10.2 Å². The molecule has 3 atom stereocenters. The van der Waals surface area contributed by atoms with E-state index in [2.05, 4.69) is 0 Å². The molecule has 0 heterocycles. The lowest BCUT2D eigenvalue weighted by Gasteiger charge is -2.19. The summed E-state index contributed by atoms with van der Waals surface area (Å²) in [7, 11) is -11.5. The van der Waals surface area contributed by atoms with Crippen LogP contribution in [0.3, 0.4) is 0 Å². The fourth-order valence-corrected chi connectivity index (χ4v) is 0.877. The topological polar surface area (TPSA) is 149 Å². The van der Waals surface area contributed by atoms with Gasteiger partial charge >= 0.3 is 42.6 Å². The third-order valence-corrected chi connectivity index (χ3v) is 4.65. The van der Waals surface area contributed by atoms with E-state index < -0.39 is 48.7 Å². The van der Waals surface area contributed by atoms with Gasteiger partial charge in [-0.1, -0.05) is 0 Å². The largest absolute Gasteiger partial charge is 0.439 e. The average Bonchev–Trinajstić information content (AvgIpc) is 2.34. The van der Waals surface area contributed by atoms with Crippen molar-refractivity contribution in [3.8, 4) is 0 Å². The van der Waals surface area contributed by atoms with Crippen molar-refractivity contribution in [2.45, 2.75) is 49.2 Å². The molecule has 0 aliphatic rings. The van der Waals surface area contributed by atoms with Crippen LogP contribution in [0.5, 0.6) is 0 Å². The molecule has 0 rings (SSSR count). The molecule has 3 unspecified atom stereocenters. The van der Waals surface area contributed by atoms with Crippen LogP contribution in [-0.2, 0) is 20.2 Å². The van der Waals surface area contributed by atoms with Crippen molar-refractivity contribution in [1.82, 2.24) is 0 Å². The maximum Gasteiger partial charge on any atom is 0.439 e. The van der Waals surface area contributed by atoms with Crippen LogP contribution in [0.15, 0.2) is 0 Å². The fraction of sp³-hybridized carbons (Fsp3) is 1.00. The molecular weight excluding hydrogens is 452 g/mol. The summed E-state index contributed by atoms with van der Waals surface area (Å²) in [5.74, 6) is 0. The van der Waals surface area contributed by atoms with Gasteiger partial charge in [0.05, 0.1) is 12.7 Å². The van der Waals surface area contributed by atoms with Crippen LogP contribution in [0.2, 0.25) is 0 Å². The van der Waals surface area contributed by atoms with Gasteiger partial charge in [0.2, 0.25) is 0 Å². The molecule has 0 saturated heterocycles. The zero-order valence-corrected chi connectivity index (χ0v) is 15.2. The number of aliphatic hydroxyl groups is 2. The van der Waals surface area contributed by atoms with Crippen LogP contribution in [0.4, 0.5) is 35.1 Å². The highest BCUT2D eigenvalue weighted by atomic mass is 32.2. The summed E-state index contributed by atoms with van der Waals surface area (Å²) < 4.78 is 147. The first-order valence-corrected chi connectivity index (χ1v) is 8.89. The molecule has 8 nitrogen and oxygen atoms in total. The Morgan fingerprint density at radius 3 is 0.889 bits per heavy atom. The number of hydrogen-bond donors (Lipinski definition) is 4. The van der Waals surface area contributed by atoms with E-state index in [1.165, 1.54) is 6.92 Å². The zero-order valence-electron chi connectivity index (χ0n) is 13.5. The molecule has 0 spiro atoms. The highest BCUT2D eigenvalue weighted by molar-refractivity contribution is 7.87. The molecule has 0 bridgehead atoms. The Kier molecular flexibility index (Phi) is 11.0. The smallest absolute Gasteiger partial charge is 0.394 e. The van der Waals surface area contributed by atoms with Gasteiger partial charge in [0.15, 0.2) is 0 Å². The molecular formula is C9H16F8O8S2. The van der Waals surface area contributed by atoms with Crippen molar-refractivity contribution < 1.29 is 71.3 Å². The van der Waals surface area contributed by atoms with Crippen molar-refractivity contribution in [2.75, 3.05) is 6.61 Å². The number of rotatable bonds is 3. The predicted octanol–water partition coefficient (Wildman–Crippen LogP) is 1.60. The second-order valence-electron chi connectivity index (χ2n) is 4.81. The normalized spacial score (nSPS) is 18.6. The lowest BCUT2D eigenvalue weighted by molar-refractivity contribution is -0.194. The van der Waals surface area contributed by atoms with Crippen LogP contribution in [-0.4, -0.2) is 71.2 Å². The molecule has 0 aromatic rings. The predicted molar refractivity (Wildman–Crippen MR) is 73.0 cm³/mol. The van der Waals surface area contributed by atoms with Crippen molar-refractivity contribution in [3.05, 3.63) is 0 Å². The van der Waals surface area contributed by atoms with Crippen molar-refractivity contribution in [3.63, 3.8) is 0 Å². The summed E-state index contributed by atoms with van der Waals surface area (Å²) in [5.41, 5.74) is 0. The summed E-state index contributed by atoms with van der Waals surface area (Å²) in [5, 5.41) is 6.81. The van der Waals surface area contributed by atoms with Crippen LogP contribution < -0.4 is 0 Å². The first kappa shape index (κ1) is 30.9. The van der Waals surface area contributed by atoms with E-state index in [4.69, 9.17) is 19.3 Å². The zero-order chi connectivity index (χ0) is 23.3. The summed E-state index contributed by atoms with van der Waals surface area (Å²) in [4.78, 5) is 0. The Morgan fingerprint density at radius 2 is 0.889 bits per heavy atom. The maximum atomic E-state index is 12.1. The Labute approximate surface area is 148 Å². The van der Waals surface area contributed by atoms with Crippen molar-refractivity contribution in [1.29, 1.82) is 0 Å². The molecule has 4 N–H and O–H groups in total. The highest BCUT2D eigenvalue weighted by Crippen LogP contribution is 2.37. The summed E-state index contributed by atoms with van der Waals surface area (Å²) >= 11 is 0. The van der Waals surface area contributed by atoms with Gasteiger partial charge in [0, 0.05) is 0 Å². The van der Waals surface area contributed by atoms with Gasteiger partial charge in [-0.2, -0.15) is 43.2 Å². The van der Waals surface area contributed by atoms with E-state index in [0.29, 0.717) is 0 Å². The van der Waals surface area contributed by atoms with Crippen LogP contribution in [0.1, 0.15) is 20.8 Å². The molecule has 0 saturated carbocycles. The first-order chi connectivity index (χ1) is 11.3. The average molecular weight is 468 g/mol. The van der Waals surface area contributed by atoms with E-state index in [0.717, 1.165) is 0 Å². The molecule has 0 aromatic carbocycles. The number of halogens is 8. The van der Waals surface area contributed by atoms with Crippen LogP contribution >= 0.6 is 0 Å². The summed E-state index contributed by atoms with van der Waals surface area (Å²) in [6.07, 6.45) is -11.8. The second-order valence-corrected chi connectivity index (χ2v) is 8.24. The Balaban J connectivity index is -0.000000344.